The Bertz CT molecular complexity index is 886. The second-order valence-corrected chi connectivity index (χ2v) is 6.64. The largest absolute Gasteiger partial charge is 0.382 e. The van der Waals surface area contributed by atoms with Crippen molar-refractivity contribution in [2.75, 3.05) is 31.7 Å². The van der Waals surface area contributed by atoms with Gasteiger partial charge >= 0.3 is 0 Å². The molecule has 1 aliphatic heterocycles. The Morgan fingerprint density at radius 3 is 2.70 bits per heavy atom. The maximum Gasteiger partial charge on any atom is 0.292 e. The summed E-state index contributed by atoms with van der Waals surface area (Å²) in [5.74, 6) is 0. The first-order valence-corrected chi connectivity index (χ1v) is 8.70. The molecular formula is C17H19ClN4O5. The molecule has 10 heteroatoms. The molecule has 2 aromatic rings. The molecule has 1 saturated heterocycles. The summed E-state index contributed by atoms with van der Waals surface area (Å²) in [4.78, 5) is 24.9. The van der Waals surface area contributed by atoms with Gasteiger partial charge in [-0.15, -0.1) is 0 Å². The summed E-state index contributed by atoms with van der Waals surface area (Å²) in [6, 6.07) is 5.52. The van der Waals surface area contributed by atoms with Crippen LogP contribution in [0.15, 0.2) is 35.3 Å². The summed E-state index contributed by atoms with van der Waals surface area (Å²) >= 11 is 6.34. The zero-order chi connectivity index (χ0) is 19.6. The number of hydrogen-bond donors (Lipinski definition) is 0. The number of aromatic nitrogens is 2. The fourth-order valence-electron chi connectivity index (χ4n) is 3.06. The van der Waals surface area contributed by atoms with Crippen molar-refractivity contribution in [1.29, 1.82) is 0 Å². The molecule has 1 aromatic carbocycles. The van der Waals surface area contributed by atoms with Gasteiger partial charge in [-0.3, -0.25) is 14.9 Å². The van der Waals surface area contributed by atoms with E-state index in [2.05, 4.69) is 5.10 Å². The number of halogens is 1. The lowest BCUT2D eigenvalue weighted by Gasteiger charge is -2.38. The van der Waals surface area contributed by atoms with Crippen molar-refractivity contribution in [2.24, 2.45) is 0 Å². The molecule has 144 valence electrons. The van der Waals surface area contributed by atoms with Gasteiger partial charge in [-0.05, 0) is 19.1 Å². The first-order valence-electron chi connectivity index (χ1n) is 8.32. The topological polar surface area (TPSA) is 99.7 Å². The lowest BCUT2D eigenvalue weighted by molar-refractivity contribution is -0.384. The summed E-state index contributed by atoms with van der Waals surface area (Å²) < 4.78 is 12.1. The Morgan fingerprint density at radius 1 is 1.37 bits per heavy atom. The van der Waals surface area contributed by atoms with E-state index in [1.807, 2.05) is 11.8 Å². The molecule has 3 rings (SSSR count). The summed E-state index contributed by atoms with van der Waals surface area (Å²) in [7, 11) is 1.60. The molecule has 0 saturated carbocycles. The van der Waals surface area contributed by atoms with Crippen LogP contribution in [0.1, 0.15) is 6.92 Å². The van der Waals surface area contributed by atoms with Gasteiger partial charge in [-0.25, -0.2) is 0 Å². The first kappa shape index (κ1) is 19.3. The molecule has 1 aromatic heterocycles. The van der Waals surface area contributed by atoms with Crippen molar-refractivity contribution in [1.82, 2.24) is 9.78 Å². The number of nitro benzene ring substituents is 1. The smallest absolute Gasteiger partial charge is 0.292 e. The third-order valence-electron chi connectivity index (χ3n) is 4.23. The van der Waals surface area contributed by atoms with Gasteiger partial charge in [0.2, 0.25) is 0 Å². The Hall–Kier alpha value is -2.49. The molecule has 2 atom stereocenters. The molecule has 27 heavy (non-hydrogen) atoms. The second-order valence-electron chi connectivity index (χ2n) is 6.26. The molecule has 0 aliphatic carbocycles. The number of rotatable bonds is 5. The summed E-state index contributed by atoms with van der Waals surface area (Å²) in [6.45, 7) is 3.48. The minimum Gasteiger partial charge on any atom is -0.382 e. The lowest BCUT2D eigenvalue weighted by Crippen LogP contribution is -2.48. The minimum atomic E-state index is -0.508. The van der Waals surface area contributed by atoms with Crippen LogP contribution in [0.25, 0.3) is 5.69 Å². The van der Waals surface area contributed by atoms with Crippen molar-refractivity contribution in [2.45, 2.75) is 19.1 Å². The van der Waals surface area contributed by atoms with Gasteiger partial charge in [0.1, 0.15) is 5.02 Å². The van der Waals surface area contributed by atoms with Crippen LogP contribution in [0.3, 0.4) is 0 Å². The maximum atomic E-state index is 12.7. The average Bonchev–Trinajstić information content (AvgIpc) is 2.64. The zero-order valence-electron chi connectivity index (χ0n) is 14.9. The standard InChI is InChI=1S/C17H19ClN4O5/c1-11-8-20(9-14(27-11)10-26-2)15-7-19-21(17(23)16(15)18)12-3-5-13(6-4-12)22(24)25/h3-7,11,14H,8-10H2,1-2H3. The second kappa shape index (κ2) is 8.03. The number of hydrogen-bond acceptors (Lipinski definition) is 7. The summed E-state index contributed by atoms with van der Waals surface area (Å²) in [5, 5.41) is 15.0. The Labute approximate surface area is 160 Å². The molecule has 0 N–H and O–H groups in total. The van der Waals surface area contributed by atoms with Gasteiger partial charge in [0.15, 0.2) is 0 Å². The van der Waals surface area contributed by atoms with Crippen molar-refractivity contribution in [3.63, 3.8) is 0 Å². The van der Waals surface area contributed by atoms with E-state index in [-0.39, 0.29) is 22.9 Å². The van der Waals surface area contributed by atoms with Gasteiger partial charge in [0.25, 0.3) is 11.2 Å². The number of morpholine rings is 1. The number of methoxy groups -OCH3 is 1. The number of nitro groups is 1. The van der Waals surface area contributed by atoms with Gasteiger partial charge in [0.05, 0.1) is 41.3 Å². The fourth-order valence-corrected chi connectivity index (χ4v) is 3.31. The monoisotopic (exact) mass is 394 g/mol. The predicted octanol–water partition coefficient (Wildman–Crippen LogP) is 2.03. The predicted molar refractivity (Wildman–Crippen MR) is 99.9 cm³/mol. The molecule has 1 aliphatic rings. The van der Waals surface area contributed by atoms with E-state index in [1.165, 1.54) is 30.5 Å². The highest BCUT2D eigenvalue weighted by Crippen LogP contribution is 2.25. The molecule has 0 amide bonds. The third-order valence-corrected chi connectivity index (χ3v) is 4.58. The number of benzene rings is 1. The minimum absolute atomic E-state index is 0.0358. The molecule has 0 bridgehead atoms. The molecule has 2 heterocycles. The van der Waals surface area contributed by atoms with E-state index < -0.39 is 10.5 Å². The van der Waals surface area contributed by atoms with Crippen molar-refractivity contribution in [3.05, 3.63) is 56.0 Å². The third kappa shape index (κ3) is 4.10. The number of ether oxygens (including phenoxy) is 2. The van der Waals surface area contributed by atoms with E-state index in [1.54, 1.807) is 7.11 Å². The van der Waals surface area contributed by atoms with Crippen LogP contribution in [0.5, 0.6) is 0 Å². The zero-order valence-corrected chi connectivity index (χ0v) is 15.6. The molecule has 0 radical (unpaired) electrons. The number of nitrogens with zero attached hydrogens (tertiary/aromatic N) is 4. The van der Waals surface area contributed by atoms with Crippen LogP contribution in [0, 0.1) is 10.1 Å². The first-order chi connectivity index (χ1) is 12.9. The van der Waals surface area contributed by atoms with Crippen LogP contribution in [-0.2, 0) is 9.47 Å². The Morgan fingerprint density at radius 2 is 2.07 bits per heavy atom. The molecule has 0 spiro atoms. The van der Waals surface area contributed by atoms with E-state index >= 15 is 0 Å². The quantitative estimate of drug-likeness (QED) is 0.565. The van der Waals surface area contributed by atoms with Gasteiger partial charge in [-0.2, -0.15) is 9.78 Å². The fraction of sp³-hybridized carbons (Fsp3) is 0.412. The van der Waals surface area contributed by atoms with Gasteiger partial charge in [-0.1, -0.05) is 11.6 Å². The SMILES string of the molecule is COCC1CN(c2cnn(-c3ccc([N+](=O)[O-])cc3)c(=O)c2Cl)CC(C)O1. The maximum absolute atomic E-state index is 12.7. The average molecular weight is 395 g/mol. The lowest BCUT2D eigenvalue weighted by atomic mass is 10.2. The van der Waals surface area contributed by atoms with Gasteiger partial charge in [0, 0.05) is 32.3 Å². The van der Waals surface area contributed by atoms with Crippen LogP contribution in [-0.4, -0.2) is 53.7 Å². The van der Waals surface area contributed by atoms with Crippen molar-refractivity contribution >= 4 is 23.0 Å². The van der Waals surface area contributed by atoms with E-state index in [0.29, 0.717) is 31.1 Å². The highest BCUT2D eigenvalue weighted by Gasteiger charge is 2.28. The van der Waals surface area contributed by atoms with E-state index in [9.17, 15) is 14.9 Å². The summed E-state index contributed by atoms with van der Waals surface area (Å²) in [5.41, 5.74) is 0.356. The molecule has 2 unspecified atom stereocenters. The van der Waals surface area contributed by atoms with Crippen LogP contribution in [0.4, 0.5) is 11.4 Å². The van der Waals surface area contributed by atoms with Crippen LogP contribution in [0.2, 0.25) is 5.02 Å². The van der Waals surface area contributed by atoms with E-state index in [4.69, 9.17) is 21.1 Å². The van der Waals surface area contributed by atoms with Gasteiger partial charge < -0.3 is 14.4 Å². The van der Waals surface area contributed by atoms with Crippen molar-refractivity contribution in [3.8, 4) is 5.69 Å². The highest BCUT2D eigenvalue weighted by atomic mass is 35.5. The number of non-ortho nitro benzene ring substituents is 1. The molecule has 9 nitrogen and oxygen atoms in total. The Balaban J connectivity index is 1.91. The Kier molecular flexibility index (Phi) is 5.73. The van der Waals surface area contributed by atoms with Crippen molar-refractivity contribution < 1.29 is 14.4 Å². The normalized spacial score (nSPS) is 19.9. The molecular weight excluding hydrogens is 376 g/mol. The summed E-state index contributed by atoms with van der Waals surface area (Å²) in [6.07, 6.45) is 1.34. The van der Waals surface area contributed by atoms with Crippen LogP contribution >= 0.6 is 11.6 Å². The highest BCUT2D eigenvalue weighted by molar-refractivity contribution is 6.33. The molecule has 1 fully saturated rings. The van der Waals surface area contributed by atoms with E-state index in [0.717, 1.165) is 4.68 Å². The number of anilines is 1. The van der Waals surface area contributed by atoms with Crippen LogP contribution < -0.4 is 10.5 Å².